The van der Waals surface area contributed by atoms with Crippen LogP contribution < -0.4 is 5.32 Å². The van der Waals surface area contributed by atoms with Gasteiger partial charge in [0.2, 0.25) is 0 Å². The Morgan fingerprint density at radius 2 is 2.06 bits per heavy atom. The van der Waals surface area contributed by atoms with Gasteiger partial charge in [0.25, 0.3) is 0 Å². The van der Waals surface area contributed by atoms with E-state index in [0.717, 1.165) is 23.8 Å². The van der Waals surface area contributed by atoms with Crippen LogP contribution in [0, 0.1) is 0 Å². The molecule has 0 aliphatic heterocycles. The molecule has 1 aromatic heterocycles. The van der Waals surface area contributed by atoms with E-state index in [4.69, 9.17) is 0 Å². The molecule has 0 bridgehead atoms. The number of nitrogens with one attached hydrogen (secondary N) is 1. The van der Waals surface area contributed by atoms with Crippen molar-refractivity contribution in [2.24, 2.45) is 0 Å². The van der Waals surface area contributed by atoms with Crippen molar-refractivity contribution in [2.75, 3.05) is 5.32 Å². The zero-order valence-corrected chi connectivity index (χ0v) is 9.83. The lowest BCUT2D eigenvalue weighted by molar-refractivity contribution is 1.00. The van der Waals surface area contributed by atoms with Crippen molar-refractivity contribution in [3.8, 4) is 0 Å². The van der Waals surface area contributed by atoms with Gasteiger partial charge in [0.05, 0.1) is 17.2 Å². The smallest absolute Gasteiger partial charge is 0.0960 e. The third-order valence-corrected chi connectivity index (χ3v) is 3.80. The molecular formula is C13H14N2S. The highest BCUT2D eigenvalue weighted by Gasteiger charge is 2.26. The molecule has 1 aromatic carbocycles. The van der Waals surface area contributed by atoms with E-state index < -0.39 is 0 Å². The molecule has 1 saturated carbocycles. The molecule has 0 radical (unpaired) electrons. The molecular weight excluding hydrogens is 216 g/mol. The number of hydrogen-bond acceptors (Lipinski definition) is 3. The highest BCUT2D eigenvalue weighted by Crippen LogP contribution is 2.41. The predicted molar refractivity (Wildman–Crippen MR) is 67.9 cm³/mol. The first kappa shape index (κ1) is 9.85. The van der Waals surface area contributed by atoms with Crippen LogP contribution in [0.1, 0.15) is 29.5 Å². The number of aromatic nitrogens is 1. The molecule has 1 fully saturated rings. The average Bonchev–Trinajstić information content (AvgIpc) is 3.08. The number of anilines is 1. The van der Waals surface area contributed by atoms with Crippen molar-refractivity contribution in [1.29, 1.82) is 0 Å². The van der Waals surface area contributed by atoms with Crippen LogP contribution in [0.2, 0.25) is 0 Å². The Labute approximate surface area is 99.4 Å². The maximum atomic E-state index is 4.64. The molecule has 1 heterocycles. The summed E-state index contributed by atoms with van der Waals surface area (Å²) in [5.41, 5.74) is 2.32. The van der Waals surface area contributed by atoms with Crippen molar-refractivity contribution in [1.82, 2.24) is 4.98 Å². The standard InChI is InChI=1S/C13H14N2S/c1-2-4-11(5-3-1)14-8-12-9-16-13(15-12)10-6-7-10/h1-5,9-10,14H,6-8H2. The maximum Gasteiger partial charge on any atom is 0.0960 e. The van der Waals surface area contributed by atoms with E-state index in [-0.39, 0.29) is 0 Å². The summed E-state index contributed by atoms with van der Waals surface area (Å²) in [7, 11) is 0. The summed E-state index contributed by atoms with van der Waals surface area (Å²) in [5, 5.41) is 6.87. The van der Waals surface area contributed by atoms with Crippen LogP contribution in [0.3, 0.4) is 0 Å². The lowest BCUT2D eigenvalue weighted by atomic mass is 10.3. The summed E-state index contributed by atoms with van der Waals surface area (Å²) in [6, 6.07) is 10.3. The SMILES string of the molecule is c1ccc(NCc2csc(C3CC3)n2)cc1. The summed E-state index contributed by atoms with van der Waals surface area (Å²) in [6.45, 7) is 0.827. The first-order chi connectivity index (χ1) is 7.92. The average molecular weight is 230 g/mol. The highest BCUT2D eigenvalue weighted by molar-refractivity contribution is 7.09. The normalized spacial score (nSPS) is 15.0. The first-order valence-electron chi connectivity index (χ1n) is 5.65. The van der Waals surface area contributed by atoms with Gasteiger partial charge in [-0.15, -0.1) is 11.3 Å². The van der Waals surface area contributed by atoms with Gasteiger partial charge in [-0.3, -0.25) is 0 Å². The van der Waals surface area contributed by atoms with Crippen LogP contribution in [-0.4, -0.2) is 4.98 Å². The van der Waals surface area contributed by atoms with Gasteiger partial charge in [-0.25, -0.2) is 4.98 Å². The van der Waals surface area contributed by atoms with E-state index in [1.807, 2.05) is 18.2 Å². The second kappa shape index (κ2) is 4.26. The molecule has 16 heavy (non-hydrogen) atoms. The second-order valence-corrected chi connectivity index (χ2v) is 5.06. The molecule has 3 heteroatoms. The topological polar surface area (TPSA) is 24.9 Å². The van der Waals surface area contributed by atoms with Crippen molar-refractivity contribution in [3.05, 3.63) is 46.4 Å². The van der Waals surface area contributed by atoms with Crippen molar-refractivity contribution in [2.45, 2.75) is 25.3 Å². The fourth-order valence-corrected chi connectivity index (χ4v) is 2.66. The van der Waals surface area contributed by atoms with Gasteiger partial charge in [0, 0.05) is 17.0 Å². The van der Waals surface area contributed by atoms with Crippen molar-refractivity contribution >= 4 is 17.0 Å². The Morgan fingerprint density at radius 3 is 2.81 bits per heavy atom. The van der Waals surface area contributed by atoms with E-state index in [1.165, 1.54) is 17.8 Å². The first-order valence-corrected chi connectivity index (χ1v) is 6.53. The lowest BCUT2D eigenvalue weighted by Gasteiger charge is -2.02. The number of nitrogens with zero attached hydrogens (tertiary/aromatic N) is 1. The molecule has 0 amide bonds. The predicted octanol–water partition coefficient (Wildman–Crippen LogP) is 3.63. The molecule has 3 rings (SSSR count). The zero-order chi connectivity index (χ0) is 10.8. The highest BCUT2D eigenvalue weighted by atomic mass is 32.1. The van der Waals surface area contributed by atoms with E-state index in [2.05, 4.69) is 27.8 Å². The van der Waals surface area contributed by atoms with Gasteiger partial charge in [-0.05, 0) is 25.0 Å². The van der Waals surface area contributed by atoms with Gasteiger partial charge in [-0.1, -0.05) is 18.2 Å². The van der Waals surface area contributed by atoms with Crippen LogP contribution in [0.15, 0.2) is 35.7 Å². The molecule has 0 spiro atoms. The number of thiazole rings is 1. The minimum Gasteiger partial charge on any atom is -0.379 e. The summed E-state index contributed by atoms with van der Waals surface area (Å²) >= 11 is 1.80. The Morgan fingerprint density at radius 1 is 1.25 bits per heavy atom. The van der Waals surface area contributed by atoms with Gasteiger partial charge >= 0.3 is 0 Å². The fourth-order valence-electron chi connectivity index (χ4n) is 1.67. The van der Waals surface area contributed by atoms with Gasteiger partial charge in [0.1, 0.15) is 0 Å². The largest absolute Gasteiger partial charge is 0.379 e. The zero-order valence-electron chi connectivity index (χ0n) is 9.02. The molecule has 2 aromatic rings. The maximum absolute atomic E-state index is 4.64. The van der Waals surface area contributed by atoms with Crippen molar-refractivity contribution in [3.63, 3.8) is 0 Å². The van der Waals surface area contributed by atoms with Crippen LogP contribution in [0.25, 0.3) is 0 Å². The molecule has 0 saturated heterocycles. The van der Waals surface area contributed by atoms with E-state index in [0.29, 0.717) is 0 Å². The monoisotopic (exact) mass is 230 g/mol. The van der Waals surface area contributed by atoms with Crippen LogP contribution in [0.4, 0.5) is 5.69 Å². The molecule has 1 aliphatic rings. The van der Waals surface area contributed by atoms with E-state index in [1.54, 1.807) is 11.3 Å². The fraction of sp³-hybridized carbons (Fsp3) is 0.308. The summed E-state index contributed by atoms with van der Waals surface area (Å²) in [5.74, 6) is 0.774. The Hall–Kier alpha value is -1.35. The number of benzene rings is 1. The number of hydrogen-bond donors (Lipinski definition) is 1. The third kappa shape index (κ3) is 2.25. The third-order valence-electron chi connectivity index (χ3n) is 2.74. The van der Waals surface area contributed by atoms with E-state index >= 15 is 0 Å². The lowest BCUT2D eigenvalue weighted by Crippen LogP contribution is -1.99. The summed E-state index contributed by atoms with van der Waals surface area (Å²) in [4.78, 5) is 4.64. The minimum atomic E-state index is 0.774. The number of rotatable bonds is 4. The molecule has 2 nitrogen and oxygen atoms in total. The Bertz CT molecular complexity index is 460. The molecule has 0 atom stereocenters. The quantitative estimate of drug-likeness (QED) is 0.867. The van der Waals surface area contributed by atoms with Crippen LogP contribution >= 0.6 is 11.3 Å². The van der Waals surface area contributed by atoms with E-state index in [9.17, 15) is 0 Å². The molecule has 1 N–H and O–H groups in total. The van der Waals surface area contributed by atoms with Gasteiger partial charge in [-0.2, -0.15) is 0 Å². The molecule has 82 valence electrons. The molecule has 0 unspecified atom stereocenters. The minimum absolute atomic E-state index is 0.774. The second-order valence-electron chi connectivity index (χ2n) is 4.17. The van der Waals surface area contributed by atoms with Gasteiger partial charge < -0.3 is 5.32 Å². The molecule has 1 aliphatic carbocycles. The number of para-hydroxylation sites is 1. The summed E-state index contributed by atoms with van der Waals surface area (Å²) < 4.78 is 0. The Balaban J connectivity index is 1.61. The van der Waals surface area contributed by atoms with Crippen molar-refractivity contribution < 1.29 is 0 Å². The van der Waals surface area contributed by atoms with Crippen LogP contribution in [0.5, 0.6) is 0 Å². The van der Waals surface area contributed by atoms with Crippen LogP contribution in [-0.2, 0) is 6.54 Å². The van der Waals surface area contributed by atoms with Gasteiger partial charge in [0.15, 0.2) is 0 Å². The summed E-state index contributed by atoms with van der Waals surface area (Å²) in [6.07, 6.45) is 2.66. The Kier molecular flexibility index (Phi) is 2.62.